The zero-order chi connectivity index (χ0) is 18.7. The molecule has 2 aromatic carbocycles. The zero-order valence-corrected chi connectivity index (χ0v) is 15.4. The SMILES string of the molecule is CCc1cc(=O)[nH]c(-c2cccc(NC(=O)c3cc(Cl)ccc3Cl)c2)n1. The molecule has 132 valence electrons. The maximum Gasteiger partial charge on any atom is 0.257 e. The second kappa shape index (κ2) is 7.72. The summed E-state index contributed by atoms with van der Waals surface area (Å²) in [7, 11) is 0. The summed E-state index contributed by atoms with van der Waals surface area (Å²) in [5, 5.41) is 3.51. The number of H-pyrrole nitrogens is 1. The highest BCUT2D eigenvalue weighted by Gasteiger charge is 2.12. The molecule has 0 unspecified atom stereocenters. The van der Waals surface area contributed by atoms with Crippen molar-refractivity contribution in [2.45, 2.75) is 13.3 Å². The lowest BCUT2D eigenvalue weighted by Gasteiger charge is -2.09. The topological polar surface area (TPSA) is 74.8 Å². The Morgan fingerprint density at radius 3 is 2.73 bits per heavy atom. The number of benzene rings is 2. The van der Waals surface area contributed by atoms with E-state index < -0.39 is 0 Å². The normalized spacial score (nSPS) is 10.6. The largest absolute Gasteiger partial charge is 0.322 e. The standard InChI is InChI=1S/C19H15Cl2N3O2/c1-2-13-10-17(25)24-18(22-13)11-4-3-5-14(8-11)23-19(26)15-9-12(20)6-7-16(15)21/h3-10H,2H2,1H3,(H,23,26)(H,22,24,25). The molecule has 0 bridgehead atoms. The number of aryl methyl sites for hydroxylation is 1. The summed E-state index contributed by atoms with van der Waals surface area (Å²) in [5.41, 5.74) is 2.00. The lowest BCUT2D eigenvalue weighted by Crippen LogP contribution is -2.13. The molecule has 1 aromatic heterocycles. The average molecular weight is 388 g/mol. The average Bonchev–Trinajstić information content (AvgIpc) is 2.63. The molecule has 7 heteroatoms. The summed E-state index contributed by atoms with van der Waals surface area (Å²) in [5.74, 6) is 0.0737. The zero-order valence-electron chi connectivity index (χ0n) is 13.8. The summed E-state index contributed by atoms with van der Waals surface area (Å²) in [6.07, 6.45) is 0.653. The molecule has 0 aliphatic carbocycles. The first-order chi connectivity index (χ1) is 12.5. The molecular weight excluding hydrogens is 373 g/mol. The van der Waals surface area contributed by atoms with Crippen LogP contribution in [-0.4, -0.2) is 15.9 Å². The molecule has 26 heavy (non-hydrogen) atoms. The second-order valence-electron chi connectivity index (χ2n) is 5.60. The van der Waals surface area contributed by atoms with Crippen LogP contribution in [0.2, 0.25) is 10.0 Å². The first kappa shape index (κ1) is 18.2. The van der Waals surface area contributed by atoms with Crippen molar-refractivity contribution < 1.29 is 4.79 Å². The molecule has 0 spiro atoms. The molecule has 2 N–H and O–H groups in total. The molecule has 5 nitrogen and oxygen atoms in total. The Kier molecular flexibility index (Phi) is 5.40. The highest BCUT2D eigenvalue weighted by atomic mass is 35.5. The van der Waals surface area contributed by atoms with Crippen molar-refractivity contribution in [3.8, 4) is 11.4 Å². The van der Waals surface area contributed by atoms with Crippen LogP contribution in [0.4, 0.5) is 5.69 Å². The minimum atomic E-state index is -0.376. The van der Waals surface area contributed by atoms with E-state index in [1.165, 1.54) is 12.1 Å². The van der Waals surface area contributed by atoms with Gasteiger partial charge in [-0.2, -0.15) is 0 Å². The van der Waals surface area contributed by atoms with Gasteiger partial charge in [-0.15, -0.1) is 0 Å². The molecule has 0 saturated heterocycles. The van der Waals surface area contributed by atoms with Gasteiger partial charge >= 0.3 is 0 Å². The molecule has 0 saturated carbocycles. The van der Waals surface area contributed by atoms with Crippen LogP contribution in [-0.2, 0) is 6.42 Å². The molecule has 0 aliphatic heterocycles. The van der Waals surface area contributed by atoms with E-state index in [1.54, 1.807) is 36.4 Å². The van der Waals surface area contributed by atoms with E-state index in [2.05, 4.69) is 15.3 Å². The minimum Gasteiger partial charge on any atom is -0.322 e. The van der Waals surface area contributed by atoms with Crippen molar-refractivity contribution in [1.82, 2.24) is 9.97 Å². The van der Waals surface area contributed by atoms with Crippen molar-refractivity contribution in [3.63, 3.8) is 0 Å². The number of rotatable bonds is 4. The fraction of sp³-hybridized carbons (Fsp3) is 0.105. The van der Waals surface area contributed by atoms with Gasteiger partial charge in [0.2, 0.25) is 0 Å². The molecule has 3 aromatic rings. The molecule has 1 amide bonds. The smallest absolute Gasteiger partial charge is 0.257 e. The molecule has 0 aliphatic rings. The molecule has 0 fully saturated rings. The third-order valence-corrected chi connectivity index (χ3v) is 4.29. The van der Waals surface area contributed by atoms with Gasteiger partial charge in [-0.3, -0.25) is 9.59 Å². The monoisotopic (exact) mass is 387 g/mol. The molecule has 0 radical (unpaired) electrons. The van der Waals surface area contributed by atoms with Crippen LogP contribution in [0.5, 0.6) is 0 Å². The third-order valence-electron chi connectivity index (χ3n) is 3.72. The van der Waals surface area contributed by atoms with Crippen LogP contribution in [0, 0.1) is 0 Å². The van der Waals surface area contributed by atoms with Gasteiger partial charge in [0.1, 0.15) is 5.82 Å². The summed E-state index contributed by atoms with van der Waals surface area (Å²) in [4.78, 5) is 31.4. The van der Waals surface area contributed by atoms with Crippen molar-refractivity contribution >= 4 is 34.8 Å². The van der Waals surface area contributed by atoms with Gasteiger partial charge in [-0.25, -0.2) is 4.98 Å². The Labute approximate surface area is 160 Å². The summed E-state index contributed by atoms with van der Waals surface area (Å²) >= 11 is 12.0. The lowest BCUT2D eigenvalue weighted by molar-refractivity contribution is 0.102. The van der Waals surface area contributed by atoms with Crippen molar-refractivity contribution in [3.05, 3.63) is 80.2 Å². The third kappa shape index (κ3) is 4.12. The Morgan fingerprint density at radius 1 is 1.15 bits per heavy atom. The van der Waals surface area contributed by atoms with Crippen molar-refractivity contribution in [2.75, 3.05) is 5.32 Å². The number of halogens is 2. The maximum absolute atomic E-state index is 12.5. The number of anilines is 1. The highest BCUT2D eigenvalue weighted by molar-refractivity contribution is 6.36. The number of amides is 1. The van der Waals surface area contributed by atoms with Crippen LogP contribution in [0.3, 0.4) is 0 Å². The number of carbonyl (C=O) groups excluding carboxylic acids is 1. The van der Waals surface area contributed by atoms with Gasteiger partial charge in [0.15, 0.2) is 0 Å². The highest BCUT2D eigenvalue weighted by Crippen LogP contribution is 2.23. The first-order valence-corrected chi connectivity index (χ1v) is 8.69. The predicted octanol–water partition coefficient (Wildman–Crippen LogP) is 4.56. The molecular formula is C19H15Cl2N3O2. The number of nitrogens with one attached hydrogen (secondary N) is 2. The van der Waals surface area contributed by atoms with E-state index in [-0.39, 0.29) is 17.0 Å². The van der Waals surface area contributed by atoms with Gasteiger partial charge in [-0.1, -0.05) is 42.3 Å². The second-order valence-corrected chi connectivity index (χ2v) is 6.44. The Morgan fingerprint density at radius 2 is 1.96 bits per heavy atom. The van der Waals surface area contributed by atoms with Gasteiger partial charge in [0, 0.05) is 28.0 Å². The number of hydrogen-bond acceptors (Lipinski definition) is 3. The molecule has 3 rings (SSSR count). The number of aromatic amines is 1. The van der Waals surface area contributed by atoms with E-state index in [9.17, 15) is 9.59 Å². The molecule has 0 atom stereocenters. The minimum absolute atomic E-state index is 0.216. The Bertz CT molecular complexity index is 1030. The van der Waals surface area contributed by atoms with Crippen LogP contribution in [0.1, 0.15) is 23.0 Å². The maximum atomic E-state index is 12.5. The summed E-state index contributed by atoms with van der Waals surface area (Å²) in [6.45, 7) is 1.93. The lowest BCUT2D eigenvalue weighted by atomic mass is 10.1. The van der Waals surface area contributed by atoms with Gasteiger partial charge in [0.05, 0.1) is 10.6 Å². The van der Waals surface area contributed by atoms with Gasteiger partial charge in [-0.05, 0) is 36.8 Å². The van der Waals surface area contributed by atoms with E-state index in [0.29, 0.717) is 39.2 Å². The Hall–Kier alpha value is -2.63. The molecule has 1 heterocycles. The van der Waals surface area contributed by atoms with E-state index >= 15 is 0 Å². The van der Waals surface area contributed by atoms with E-state index in [0.717, 1.165) is 0 Å². The van der Waals surface area contributed by atoms with Crippen molar-refractivity contribution in [1.29, 1.82) is 0 Å². The van der Waals surface area contributed by atoms with Crippen LogP contribution < -0.4 is 10.9 Å². The number of nitrogens with zero attached hydrogens (tertiary/aromatic N) is 1. The Balaban J connectivity index is 1.90. The predicted molar refractivity (Wildman–Crippen MR) is 104 cm³/mol. The number of hydrogen-bond donors (Lipinski definition) is 2. The van der Waals surface area contributed by atoms with E-state index in [1.807, 2.05) is 6.92 Å². The van der Waals surface area contributed by atoms with Crippen molar-refractivity contribution in [2.24, 2.45) is 0 Å². The number of aromatic nitrogens is 2. The fourth-order valence-corrected chi connectivity index (χ4v) is 2.82. The van der Waals surface area contributed by atoms with Gasteiger partial charge < -0.3 is 10.3 Å². The number of carbonyl (C=O) groups is 1. The van der Waals surface area contributed by atoms with Crippen LogP contribution >= 0.6 is 23.2 Å². The fourth-order valence-electron chi connectivity index (χ4n) is 2.44. The first-order valence-electron chi connectivity index (χ1n) is 7.93. The van der Waals surface area contributed by atoms with Gasteiger partial charge in [0.25, 0.3) is 11.5 Å². The van der Waals surface area contributed by atoms with E-state index in [4.69, 9.17) is 23.2 Å². The van der Waals surface area contributed by atoms with Crippen LogP contribution in [0.15, 0.2) is 53.3 Å². The summed E-state index contributed by atoms with van der Waals surface area (Å²) < 4.78 is 0. The van der Waals surface area contributed by atoms with Crippen LogP contribution in [0.25, 0.3) is 11.4 Å². The summed E-state index contributed by atoms with van der Waals surface area (Å²) in [6, 6.07) is 13.2. The quantitative estimate of drug-likeness (QED) is 0.688.